The van der Waals surface area contributed by atoms with E-state index in [0.29, 0.717) is 18.8 Å². The first-order valence-corrected chi connectivity index (χ1v) is 8.23. The fraction of sp³-hybridized carbons (Fsp3) is 0.500. The van der Waals surface area contributed by atoms with Crippen molar-refractivity contribution in [2.75, 3.05) is 19.9 Å². The van der Waals surface area contributed by atoms with Gasteiger partial charge in [0.15, 0.2) is 9.84 Å². The van der Waals surface area contributed by atoms with E-state index in [1.54, 1.807) is 19.2 Å². The molecule has 0 amide bonds. The number of hydrogen-bond donors (Lipinski definition) is 1. The summed E-state index contributed by atoms with van der Waals surface area (Å²) in [7, 11) is -1.41. The standard InChI is InChI=1S/C14H20N2O3S/c1-14(11-15,16-2)9-4-10-19-12-5-7-13(8-6-12)20(3,17)18/h5-8,16H,4,9-10H2,1-3H3. The number of ether oxygens (including phenoxy) is 1. The lowest BCUT2D eigenvalue weighted by Gasteiger charge is -2.20. The minimum atomic E-state index is -3.17. The second-order valence-corrected chi connectivity index (χ2v) is 6.91. The lowest BCUT2D eigenvalue weighted by atomic mass is 9.98. The van der Waals surface area contributed by atoms with Crippen LogP contribution in [0.2, 0.25) is 0 Å². The van der Waals surface area contributed by atoms with Gasteiger partial charge >= 0.3 is 0 Å². The summed E-state index contributed by atoms with van der Waals surface area (Å²) in [6, 6.07) is 8.54. The molecule has 0 spiro atoms. The topological polar surface area (TPSA) is 79.2 Å². The SMILES string of the molecule is CNC(C)(C#N)CCCOc1ccc(S(C)(=O)=O)cc1. The van der Waals surface area contributed by atoms with Crippen LogP contribution in [0.25, 0.3) is 0 Å². The van der Waals surface area contributed by atoms with Crippen molar-refractivity contribution in [1.29, 1.82) is 5.26 Å². The average molecular weight is 296 g/mol. The van der Waals surface area contributed by atoms with Gasteiger partial charge in [-0.15, -0.1) is 0 Å². The number of nitriles is 1. The van der Waals surface area contributed by atoms with E-state index in [4.69, 9.17) is 10.00 Å². The van der Waals surface area contributed by atoms with E-state index in [9.17, 15) is 8.42 Å². The molecule has 0 aliphatic rings. The molecule has 0 fully saturated rings. The van der Waals surface area contributed by atoms with Crippen LogP contribution in [0.4, 0.5) is 0 Å². The number of sulfone groups is 1. The largest absolute Gasteiger partial charge is 0.494 e. The van der Waals surface area contributed by atoms with Gasteiger partial charge in [0.05, 0.1) is 17.6 Å². The van der Waals surface area contributed by atoms with Crippen LogP contribution in [0, 0.1) is 11.3 Å². The molecule has 0 bridgehead atoms. The first-order valence-electron chi connectivity index (χ1n) is 6.34. The Bertz CT molecular complexity index is 575. The highest BCUT2D eigenvalue weighted by molar-refractivity contribution is 7.90. The Morgan fingerprint density at radius 3 is 2.40 bits per heavy atom. The van der Waals surface area contributed by atoms with Crippen LogP contribution >= 0.6 is 0 Å². The maximum absolute atomic E-state index is 11.3. The molecule has 1 rings (SSSR count). The fourth-order valence-electron chi connectivity index (χ4n) is 1.64. The van der Waals surface area contributed by atoms with Crippen LogP contribution in [0.5, 0.6) is 5.75 Å². The third-order valence-electron chi connectivity index (χ3n) is 3.14. The molecule has 1 aromatic rings. The highest BCUT2D eigenvalue weighted by Gasteiger charge is 2.20. The van der Waals surface area contributed by atoms with E-state index in [1.807, 2.05) is 6.92 Å². The molecule has 1 aromatic carbocycles. The Kier molecular flexibility index (Phi) is 5.54. The van der Waals surface area contributed by atoms with Crippen LogP contribution in [-0.2, 0) is 9.84 Å². The Morgan fingerprint density at radius 1 is 1.35 bits per heavy atom. The molecule has 1 unspecified atom stereocenters. The fourth-order valence-corrected chi connectivity index (χ4v) is 2.27. The van der Waals surface area contributed by atoms with Gasteiger partial charge in [-0.3, -0.25) is 0 Å². The van der Waals surface area contributed by atoms with Gasteiger partial charge in [-0.25, -0.2) is 8.42 Å². The summed E-state index contributed by atoms with van der Waals surface area (Å²) < 4.78 is 28.1. The van der Waals surface area contributed by atoms with E-state index in [-0.39, 0.29) is 4.90 Å². The van der Waals surface area contributed by atoms with Gasteiger partial charge in [-0.05, 0) is 51.1 Å². The summed E-state index contributed by atoms with van der Waals surface area (Å²) in [6.45, 7) is 2.32. The number of rotatable bonds is 7. The maximum Gasteiger partial charge on any atom is 0.175 e. The highest BCUT2D eigenvalue weighted by Crippen LogP contribution is 2.17. The predicted molar refractivity (Wildman–Crippen MR) is 77.4 cm³/mol. The van der Waals surface area contributed by atoms with Gasteiger partial charge in [0.2, 0.25) is 0 Å². The molecule has 0 aliphatic heterocycles. The number of nitrogens with one attached hydrogen (secondary N) is 1. The Morgan fingerprint density at radius 2 is 1.95 bits per heavy atom. The molecule has 0 aliphatic carbocycles. The third-order valence-corrected chi connectivity index (χ3v) is 4.27. The van der Waals surface area contributed by atoms with Crippen molar-refractivity contribution in [3.05, 3.63) is 24.3 Å². The van der Waals surface area contributed by atoms with Crippen molar-refractivity contribution in [3.63, 3.8) is 0 Å². The first kappa shape index (κ1) is 16.5. The second-order valence-electron chi connectivity index (χ2n) is 4.89. The zero-order valence-corrected chi connectivity index (χ0v) is 12.8. The Balaban J connectivity index is 2.46. The minimum Gasteiger partial charge on any atom is -0.494 e. The molecule has 0 heterocycles. The van der Waals surface area contributed by atoms with Gasteiger partial charge in [-0.1, -0.05) is 0 Å². The minimum absolute atomic E-state index is 0.275. The second kappa shape index (κ2) is 6.73. The lowest BCUT2D eigenvalue weighted by molar-refractivity contribution is 0.289. The van der Waals surface area contributed by atoms with Gasteiger partial charge in [0.1, 0.15) is 11.3 Å². The van der Waals surface area contributed by atoms with Gasteiger partial charge in [0, 0.05) is 6.26 Å². The van der Waals surface area contributed by atoms with E-state index in [1.165, 1.54) is 18.4 Å². The van der Waals surface area contributed by atoms with Crippen LogP contribution in [-0.4, -0.2) is 33.9 Å². The van der Waals surface area contributed by atoms with E-state index < -0.39 is 15.4 Å². The summed E-state index contributed by atoms with van der Waals surface area (Å²) in [5.74, 6) is 0.625. The number of nitrogens with zero attached hydrogens (tertiary/aromatic N) is 1. The van der Waals surface area contributed by atoms with Crippen molar-refractivity contribution in [2.24, 2.45) is 0 Å². The smallest absolute Gasteiger partial charge is 0.175 e. The molecule has 5 nitrogen and oxygen atoms in total. The van der Waals surface area contributed by atoms with E-state index in [2.05, 4.69) is 11.4 Å². The summed E-state index contributed by atoms with van der Waals surface area (Å²) in [5, 5.41) is 12.0. The van der Waals surface area contributed by atoms with Crippen molar-refractivity contribution >= 4 is 9.84 Å². The lowest BCUT2D eigenvalue weighted by Crippen LogP contribution is -2.38. The Hall–Kier alpha value is -1.58. The highest BCUT2D eigenvalue weighted by atomic mass is 32.2. The van der Waals surface area contributed by atoms with E-state index in [0.717, 1.165) is 6.42 Å². The van der Waals surface area contributed by atoms with Gasteiger partial charge in [-0.2, -0.15) is 5.26 Å². The molecule has 1 N–H and O–H groups in total. The zero-order chi connectivity index (χ0) is 15.2. The molecule has 0 radical (unpaired) electrons. The summed E-state index contributed by atoms with van der Waals surface area (Å²) in [4.78, 5) is 0.275. The molecule has 0 aromatic heterocycles. The monoisotopic (exact) mass is 296 g/mol. The molecule has 0 saturated carbocycles. The normalized spacial score (nSPS) is 14.3. The van der Waals surface area contributed by atoms with Gasteiger partial charge < -0.3 is 10.1 Å². The first-order chi connectivity index (χ1) is 9.30. The summed E-state index contributed by atoms with van der Waals surface area (Å²) in [5.41, 5.74) is -0.538. The van der Waals surface area contributed by atoms with Crippen LogP contribution in [0.1, 0.15) is 19.8 Å². The zero-order valence-electron chi connectivity index (χ0n) is 12.0. The van der Waals surface area contributed by atoms with Crippen molar-refractivity contribution in [2.45, 2.75) is 30.2 Å². The predicted octanol–water partition coefficient (Wildman–Crippen LogP) is 1.75. The van der Waals surface area contributed by atoms with Crippen LogP contribution < -0.4 is 10.1 Å². The summed E-state index contributed by atoms with van der Waals surface area (Å²) >= 11 is 0. The molecule has 110 valence electrons. The molecule has 1 atom stereocenters. The molecule has 0 saturated heterocycles. The maximum atomic E-state index is 11.3. The van der Waals surface area contributed by atoms with Gasteiger partial charge in [0.25, 0.3) is 0 Å². The third kappa shape index (κ3) is 4.83. The van der Waals surface area contributed by atoms with Crippen molar-refractivity contribution in [1.82, 2.24) is 5.32 Å². The molecule has 6 heteroatoms. The molecule has 20 heavy (non-hydrogen) atoms. The van der Waals surface area contributed by atoms with Crippen LogP contribution in [0.15, 0.2) is 29.2 Å². The number of benzene rings is 1. The number of hydrogen-bond acceptors (Lipinski definition) is 5. The van der Waals surface area contributed by atoms with Crippen molar-refractivity contribution in [3.8, 4) is 11.8 Å². The molecular formula is C14H20N2O3S. The van der Waals surface area contributed by atoms with Crippen LogP contribution in [0.3, 0.4) is 0 Å². The van der Waals surface area contributed by atoms with E-state index >= 15 is 0 Å². The quantitative estimate of drug-likeness (QED) is 0.775. The average Bonchev–Trinajstić information content (AvgIpc) is 2.43. The molecular weight excluding hydrogens is 276 g/mol. The Labute approximate surface area is 120 Å². The van der Waals surface area contributed by atoms with Crippen molar-refractivity contribution < 1.29 is 13.2 Å². The summed E-state index contributed by atoms with van der Waals surface area (Å²) in [6.07, 6.45) is 2.59.